The lowest BCUT2D eigenvalue weighted by atomic mass is 9.79. The Hall–Kier alpha value is -0.0400. The van der Waals surface area contributed by atoms with Gasteiger partial charge >= 0.3 is 0 Å². The molecule has 1 N–H and O–H groups in total. The molecule has 0 aliphatic heterocycles. The minimum Gasteiger partial charge on any atom is -0.311 e. The van der Waals surface area contributed by atoms with Crippen LogP contribution in [-0.4, -0.2) is 12.1 Å². The second-order valence-electron chi connectivity index (χ2n) is 7.51. The Bertz CT molecular complexity index is 296. The zero-order valence-corrected chi connectivity index (χ0v) is 11.2. The molecule has 2 bridgehead atoms. The van der Waals surface area contributed by atoms with Crippen LogP contribution >= 0.6 is 0 Å². The van der Waals surface area contributed by atoms with Crippen molar-refractivity contribution in [3.63, 3.8) is 0 Å². The molecule has 0 radical (unpaired) electrons. The highest BCUT2D eigenvalue weighted by Crippen LogP contribution is 2.58. The zero-order valence-electron chi connectivity index (χ0n) is 11.2. The van der Waals surface area contributed by atoms with Crippen molar-refractivity contribution in [3.05, 3.63) is 0 Å². The van der Waals surface area contributed by atoms with Gasteiger partial charge in [0.05, 0.1) is 0 Å². The van der Waals surface area contributed by atoms with Gasteiger partial charge in [-0.1, -0.05) is 19.3 Å². The van der Waals surface area contributed by atoms with Crippen molar-refractivity contribution in [2.75, 3.05) is 0 Å². The Kier molecular flexibility index (Phi) is 2.54. The van der Waals surface area contributed by atoms with Gasteiger partial charge in [0, 0.05) is 12.1 Å². The molecule has 0 aromatic rings. The lowest BCUT2D eigenvalue weighted by Crippen LogP contribution is -2.43. The highest BCUT2D eigenvalue weighted by atomic mass is 15.0. The Morgan fingerprint density at radius 3 is 2.65 bits per heavy atom. The fraction of sp³-hybridized carbons (Fsp3) is 1.00. The number of nitrogens with one attached hydrogen (secondary N) is 1. The summed E-state index contributed by atoms with van der Waals surface area (Å²) in [5.41, 5.74) is 0. The van der Waals surface area contributed by atoms with Crippen LogP contribution in [0.25, 0.3) is 0 Å². The van der Waals surface area contributed by atoms with Gasteiger partial charge in [-0.3, -0.25) is 0 Å². The van der Waals surface area contributed by atoms with Crippen LogP contribution in [0.3, 0.4) is 0 Å². The largest absolute Gasteiger partial charge is 0.311 e. The molecule has 4 aliphatic rings. The fourth-order valence-corrected chi connectivity index (χ4v) is 5.55. The summed E-state index contributed by atoms with van der Waals surface area (Å²) in [5.74, 6) is 5.53. The maximum atomic E-state index is 3.99. The van der Waals surface area contributed by atoms with E-state index in [0.717, 1.165) is 41.7 Å². The van der Waals surface area contributed by atoms with Crippen molar-refractivity contribution in [1.82, 2.24) is 5.32 Å². The summed E-state index contributed by atoms with van der Waals surface area (Å²) in [4.78, 5) is 0. The van der Waals surface area contributed by atoms with Gasteiger partial charge in [0.25, 0.3) is 0 Å². The number of fused-ring (bicyclic) bond motifs is 5. The van der Waals surface area contributed by atoms with Gasteiger partial charge in [-0.05, 0) is 68.6 Å². The first kappa shape index (κ1) is 10.8. The minimum absolute atomic E-state index is 0.784. The predicted octanol–water partition coefficient (Wildman–Crippen LogP) is 3.59. The average molecular weight is 233 g/mol. The van der Waals surface area contributed by atoms with Crippen LogP contribution in [0.2, 0.25) is 0 Å². The molecular weight excluding hydrogens is 206 g/mol. The first-order valence-corrected chi connectivity index (χ1v) is 8.07. The summed E-state index contributed by atoms with van der Waals surface area (Å²) in [7, 11) is 0. The first-order valence-electron chi connectivity index (χ1n) is 8.07. The van der Waals surface area contributed by atoms with Crippen LogP contribution in [0, 0.1) is 29.6 Å². The van der Waals surface area contributed by atoms with Crippen LogP contribution in [0.15, 0.2) is 0 Å². The third kappa shape index (κ3) is 1.85. The van der Waals surface area contributed by atoms with E-state index in [9.17, 15) is 0 Å². The van der Waals surface area contributed by atoms with Crippen molar-refractivity contribution >= 4 is 0 Å². The van der Waals surface area contributed by atoms with E-state index < -0.39 is 0 Å². The van der Waals surface area contributed by atoms with Crippen molar-refractivity contribution < 1.29 is 0 Å². The van der Waals surface area contributed by atoms with E-state index in [-0.39, 0.29) is 0 Å². The molecule has 0 heterocycles. The molecule has 17 heavy (non-hydrogen) atoms. The van der Waals surface area contributed by atoms with E-state index >= 15 is 0 Å². The van der Waals surface area contributed by atoms with E-state index in [1.807, 2.05) is 0 Å². The quantitative estimate of drug-likeness (QED) is 0.782. The third-order valence-corrected chi connectivity index (χ3v) is 6.31. The number of hydrogen-bond acceptors (Lipinski definition) is 1. The van der Waals surface area contributed by atoms with Crippen LogP contribution in [0.1, 0.15) is 58.3 Å². The van der Waals surface area contributed by atoms with Crippen molar-refractivity contribution in [3.8, 4) is 0 Å². The number of hydrogen-bond donors (Lipinski definition) is 1. The second kappa shape index (κ2) is 3.98. The molecule has 0 aromatic heterocycles. The summed E-state index contributed by atoms with van der Waals surface area (Å²) in [6.07, 6.45) is 12.2. The van der Waals surface area contributed by atoms with E-state index in [1.54, 1.807) is 19.3 Å². The smallest absolute Gasteiger partial charge is 0.0103 e. The van der Waals surface area contributed by atoms with Crippen molar-refractivity contribution in [1.29, 1.82) is 0 Å². The molecule has 4 aliphatic carbocycles. The zero-order chi connectivity index (χ0) is 11.4. The standard InChI is InChI=1S/C16H27N/c1-10(7-11-5-6-11)17-16-9-12-8-15(16)14-4-2-3-13(12)14/h10-17H,2-9H2,1H3. The van der Waals surface area contributed by atoms with E-state index in [1.165, 1.54) is 32.1 Å². The Labute approximate surface area is 106 Å². The van der Waals surface area contributed by atoms with Gasteiger partial charge in [-0.15, -0.1) is 0 Å². The molecule has 0 saturated heterocycles. The molecule has 4 rings (SSSR count). The first-order chi connectivity index (χ1) is 8.31. The minimum atomic E-state index is 0.784. The van der Waals surface area contributed by atoms with Crippen LogP contribution < -0.4 is 5.32 Å². The summed E-state index contributed by atoms with van der Waals surface area (Å²) < 4.78 is 0. The highest BCUT2D eigenvalue weighted by molar-refractivity contribution is 5.05. The summed E-state index contributed by atoms with van der Waals surface area (Å²) >= 11 is 0. The molecule has 96 valence electrons. The molecule has 0 amide bonds. The Morgan fingerprint density at radius 2 is 1.82 bits per heavy atom. The molecule has 1 heteroatoms. The van der Waals surface area contributed by atoms with Gasteiger partial charge in [0.2, 0.25) is 0 Å². The van der Waals surface area contributed by atoms with Crippen LogP contribution in [0.5, 0.6) is 0 Å². The SMILES string of the molecule is CC(CC1CC1)NC1CC2CC1C1CCCC21. The lowest BCUT2D eigenvalue weighted by molar-refractivity contribution is 0.197. The van der Waals surface area contributed by atoms with Gasteiger partial charge in [-0.2, -0.15) is 0 Å². The Morgan fingerprint density at radius 1 is 1.00 bits per heavy atom. The van der Waals surface area contributed by atoms with Gasteiger partial charge in [-0.25, -0.2) is 0 Å². The van der Waals surface area contributed by atoms with E-state index in [0.29, 0.717) is 0 Å². The summed E-state index contributed by atoms with van der Waals surface area (Å²) in [5, 5.41) is 3.99. The topological polar surface area (TPSA) is 12.0 Å². The molecule has 0 spiro atoms. The molecule has 4 fully saturated rings. The fourth-order valence-electron chi connectivity index (χ4n) is 5.55. The summed E-state index contributed by atoms with van der Waals surface area (Å²) in [6, 6.07) is 1.68. The molecule has 4 saturated carbocycles. The lowest BCUT2D eigenvalue weighted by Gasteiger charge is -2.34. The third-order valence-electron chi connectivity index (χ3n) is 6.31. The maximum Gasteiger partial charge on any atom is 0.0103 e. The van der Waals surface area contributed by atoms with Crippen LogP contribution in [-0.2, 0) is 0 Å². The average Bonchev–Trinajstić information content (AvgIpc) is 2.78. The van der Waals surface area contributed by atoms with Crippen molar-refractivity contribution in [2.24, 2.45) is 29.6 Å². The normalized spacial score (nSPS) is 49.6. The monoisotopic (exact) mass is 233 g/mol. The van der Waals surface area contributed by atoms with E-state index in [4.69, 9.17) is 0 Å². The summed E-state index contributed by atoms with van der Waals surface area (Å²) in [6.45, 7) is 2.43. The molecule has 0 aromatic carbocycles. The Balaban J connectivity index is 1.36. The van der Waals surface area contributed by atoms with Gasteiger partial charge < -0.3 is 5.32 Å². The van der Waals surface area contributed by atoms with E-state index in [2.05, 4.69) is 12.2 Å². The second-order valence-corrected chi connectivity index (χ2v) is 7.51. The predicted molar refractivity (Wildman–Crippen MR) is 70.8 cm³/mol. The van der Waals surface area contributed by atoms with Crippen molar-refractivity contribution in [2.45, 2.75) is 70.4 Å². The molecular formula is C16H27N. The maximum absolute atomic E-state index is 3.99. The van der Waals surface area contributed by atoms with Gasteiger partial charge in [0.1, 0.15) is 0 Å². The molecule has 1 nitrogen and oxygen atoms in total. The van der Waals surface area contributed by atoms with Gasteiger partial charge in [0.15, 0.2) is 0 Å². The highest BCUT2D eigenvalue weighted by Gasteiger charge is 2.53. The molecule has 6 unspecified atom stereocenters. The van der Waals surface area contributed by atoms with Crippen LogP contribution in [0.4, 0.5) is 0 Å². The molecule has 6 atom stereocenters. The number of rotatable bonds is 4.